The number of nitrogens with one attached hydrogen (secondary N) is 3. The Hall–Kier alpha value is -3.50. The third-order valence-corrected chi connectivity index (χ3v) is 5.61. The first-order chi connectivity index (χ1) is 17.8. The second-order valence-corrected chi connectivity index (χ2v) is 8.52. The van der Waals surface area contributed by atoms with E-state index in [1.807, 2.05) is 30.3 Å². The number of carboxylic acid groups (broad SMARTS) is 1. The molecule has 0 radical (unpaired) electrons. The molecule has 0 bridgehead atoms. The SMILES string of the molecule is CC(=O)Nc1ccc(C[C@H](NC(=O)c2ccccc2C(=O)O)C(=O)N[C@H](C[O-])Cc2ccccc2)cc1.[Na+]. The summed E-state index contributed by atoms with van der Waals surface area (Å²) in [5.74, 6) is -2.79. The average molecular weight is 526 g/mol. The first-order valence-corrected chi connectivity index (χ1v) is 11.7. The maximum absolute atomic E-state index is 13.3. The molecular weight excluding hydrogens is 497 g/mol. The Bertz CT molecular complexity index is 1250. The summed E-state index contributed by atoms with van der Waals surface area (Å²) in [6, 6.07) is 19.9. The molecule has 0 heterocycles. The van der Waals surface area contributed by atoms with E-state index < -0.39 is 36.5 Å². The van der Waals surface area contributed by atoms with Gasteiger partial charge in [-0.1, -0.05) is 54.6 Å². The van der Waals surface area contributed by atoms with Crippen LogP contribution in [0.4, 0.5) is 5.69 Å². The van der Waals surface area contributed by atoms with Gasteiger partial charge in [0.2, 0.25) is 11.8 Å². The van der Waals surface area contributed by atoms with Crippen LogP contribution in [0.5, 0.6) is 0 Å². The van der Waals surface area contributed by atoms with Gasteiger partial charge in [-0.25, -0.2) is 4.79 Å². The van der Waals surface area contributed by atoms with Crippen molar-refractivity contribution in [2.45, 2.75) is 31.8 Å². The van der Waals surface area contributed by atoms with Gasteiger partial charge in [0.1, 0.15) is 6.04 Å². The molecule has 192 valence electrons. The molecule has 0 unspecified atom stereocenters. The topological polar surface area (TPSA) is 148 Å². The Morgan fingerprint density at radius 2 is 1.37 bits per heavy atom. The molecule has 0 aliphatic carbocycles. The Labute approximate surface area is 242 Å². The molecule has 9 nitrogen and oxygen atoms in total. The van der Waals surface area contributed by atoms with Crippen molar-refractivity contribution in [3.05, 3.63) is 101 Å². The molecule has 0 spiro atoms. The number of carbonyl (C=O) groups excluding carboxylic acids is 3. The van der Waals surface area contributed by atoms with E-state index in [2.05, 4.69) is 16.0 Å². The molecule has 3 aromatic rings. The van der Waals surface area contributed by atoms with E-state index in [9.17, 15) is 29.4 Å². The van der Waals surface area contributed by atoms with E-state index in [1.165, 1.54) is 31.2 Å². The van der Waals surface area contributed by atoms with Gasteiger partial charge in [0.25, 0.3) is 5.91 Å². The molecule has 3 aromatic carbocycles. The van der Waals surface area contributed by atoms with Gasteiger partial charge in [0.15, 0.2) is 0 Å². The first kappa shape index (κ1) is 30.7. The van der Waals surface area contributed by atoms with Crippen LogP contribution in [-0.4, -0.2) is 47.5 Å². The van der Waals surface area contributed by atoms with Crippen molar-refractivity contribution in [2.75, 3.05) is 11.9 Å². The fraction of sp³-hybridized carbons (Fsp3) is 0.214. The van der Waals surface area contributed by atoms with Crippen LogP contribution in [0.1, 0.15) is 38.8 Å². The van der Waals surface area contributed by atoms with Gasteiger partial charge in [0.05, 0.1) is 11.1 Å². The van der Waals surface area contributed by atoms with E-state index in [-0.39, 0.29) is 53.0 Å². The fourth-order valence-corrected chi connectivity index (χ4v) is 3.83. The molecule has 4 N–H and O–H groups in total. The van der Waals surface area contributed by atoms with Gasteiger partial charge < -0.3 is 26.2 Å². The number of anilines is 1. The van der Waals surface area contributed by atoms with Gasteiger partial charge >= 0.3 is 35.5 Å². The standard InChI is InChI=1S/C28H28N3O6.Na/c1-18(33)29-21-13-11-20(12-14-21)16-25(31-26(34)23-9-5-6-10-24(23)28(36)37)27(35)30-22(17-32)15-19-7-3-2-4-8-19;/h2-14,22,25H,15-17H2,1H3,(H,29,33)(H,30,35)(H,31,34)(H,36,37);/q-1;+1/t22-,25-;/m0./s1. The minimum atomic E-state index is -1.27. The average Bonchev–Trinajstić information content (AvgIpc) is 2.89. The molecule has 2 atom stereocenters. The third-order valence-electron chi connectivity index (χ3n) is 5.61. The van der Waals surface area contributed by atoms with Crippen molar-refractivity contribution in [1.82, 2.24) is 10.6 Å². The molecule has 0 aromatic heterocycles. The second-order valence-electron chi connectivity index (χ2n) is 8.52. The van der Waals surface area contributed by atoms with E-state index >= 15 is 0 Å². The Morgan fingerprint density at radius 1 is 0.789 bits per heavy atom. The smallest absolute Gasteiger partial charge is 0.853 e. The molecule has 3 rings (SSSR count). The summed E-state index contributed by atoms with van der Waals surface area (Å²) < 4.78 is 0. The quantitative estimate of drug-likeness (QED) is 0.231. The predicted octanol–water partition coefficient (Wildman–Crippen LogP) is -1.22. The summed E-state index contributed by atoms with van der Waals surface area (Å²) in [6.45, 7) is 0.829. The van der Waals surface area contributed by atoms with Crippen molar-refractivity contribution < 1.29 is 58.9 Å². The zero-order chi connectivity index (χ0) is 26.8. The predicted molar refractivity (Wildman–Crippen MR) is 136 cm³/mol. The number of hydrogen-bond acceptors (Lipinski definition) is 5. The maximum Gasteiger partial charge on any atom is 1.00 e. The Morgan fingerprint density at radius 3 is 1.95 bits per heavy atom. The molecule has 0 saturated carbocycles. The number of rotatable bonds is 11. The number of carboxylic acids is 1. The van der Waals surface area contributed by atoms with E-state index in [1.54, 1.807) is 24.3 Å². The summed E-state index contributed by atoms with van der Waals surface area (Å²) in [5.41, 5.74) is 1.86. The number of carbonyl (C=O) groups is 4. The van der Waals surface area contributed by atoms with Crippen molar-refractivity contribution in [3.63, 3.8) is 0 Å². The zero-order valence-electron chi connectivity index (χ0n) is 21.3. The molecule has 38 heavy (non-hydrogen) atoms. The van der Waals surface area contributed by atoms with Crippen LogP contribution in [0.2, 0.25) is 0 Å². The van der Waals surface area contributed by atoms with Crippen LogP contribution in [-0.2, 0) is 22.4 Å². The second kappa shape index (κ2) is 15.0. The van der Waals surface area contributed by atoms with Crippen LogP contribution in [0.25, 0.3) is 0 Å². The number of benzene rings is 3. The Kier molecular flexibility index (Phi) is 12.2. The van der Waals surface area contributed by atoms with E-state index in [0.29, 0.717) is 17.7 Å². The van der Waals surface area contributed by atoms with E-state index in [0.717, 1.165) is 5.56 Å². The van der Waals surface area contributed by atoms with Crippen LogP contribution in [0.15, 0.2) is 78.9 Å². The normalized spacial score (nSPS) is 11.8. The molecular formula is C28H28N3NaO6. The van der Waals surface area contributed by atoms with Crippen LogP contribution in [0.3, 0.4) is 0 Å². The number of aromatic carboxylic acids is 1. The molecule has 0 saturated heterocycles. The summed E-state index contributed by atoms with van der Waals surface area (Å²) in [6.07, 6.45) is 0.397. The van der Waals surface area contributed by atoms with Gasteiger partial charge in [-0.2, -0.15) is 0 Å². The zero-order valence-corrected chi connectivity index (χ0v) is 23.3. The minimum absolute atomic E-state index is 0. The third kappa shape index (κ3) is 9.11. The molecule has 3 amide bonds. The minimum Gasteiger partial charge on any atom is -0.853 e. The van der Waals surface area contributed by atoms with Crippen LogP contribution < -0.4 is 50.6 Å². The summed E-state index contributed by atoms with van der Waals surface area (Å²) >= 11 is 0. The first-order valence-electron chi connectivity index (χ1n) is 11.7. The molecule has 10 heteroatoms. The van der Waals surface area contributed by atoms with Gasteiger partial charge in [-0.05, 0) is 41.8 Å². The van der Waals surface area contributed by atoms with Crippen molar-refractivity contribution in [1.29, 1.82) is 0 Å². The molecule has 0 fully saturated rings. The van der Waals surface area contributed by atoms with Gasteiger partial charge in [0, 0.05) is 25.1 Å². The van der Waals surface area contributed by atoms with Crippen LogP contribution in [0, 0.1) is 0 Å². The molecule has 0 aliphatic heterocycles. The molecule has 0 aliphatic rings. The number of amides is 3. The van der Waals surface area contributed by atoms with Crippen LogP contribution >= 0.6 is 0 Å². The summed E-state index contributed by atoms with van der Waals surface area (Å²) in [4.78, 5) is 49.2. The Balaban J connectivity index is 0.00000507. The largest absolute Gasteiger partial charge is 1.00 e. The summed E-state index contributed by atoms with van der Waals surface area (Å²) in [5, 5.41) is 29.3. The maximum atomic E-state index is 13.3. The van der Waals surface area contributed by atoms with E-state index in [4.69, 9.17) is 0 Å². The van der Waals surface area contributed by atoms with Crippen molar-refractivity contribution >= 4 is 29.4 Å². The monoisotopic (exact) mass is 525 g/mol. The number of hydrogen-bond donors (Lipinski definition) is 4. The van der Waals surface area contributed by atoms with Gasteiger partial charge in [-0.15, -0.1) is 6.61 Å². The van der Waals surface area contributed by atoms with Crippen molar-refractivity contribution in [3.8, 4) is 0 Å². The summed E-state index contributed by atoms with van der Waals surface area (Å²) in [7, 11) is 0. The fourth-order valence-electron chi connectivity index (χ4n) is 3.83. The van der Waals surface area contributed by atoms with Gasteiger partial charge in [-0.3, -0.25) is 14.4 Å². The van der Waals surface area contributed by atoms with Crippen molar-refractivity contribution in [2.24, 2.45) is 0 Å².